The molecule has 1 heterocycles. The lowest BCUT2D eigenvalue weighted by molar-refractivity contribution is 0.0504. The minimum Gasteiger partial charge on any atom is -0.534 e. The lowest BCUT2D eigenvalue weighted by Crippen LogP contribution is -2.68. The Hall–Kier alpha value is -4.93. The number of hydrogen-bond donors (Lipinski definition) is 2. The quantitative estimate of drug-likeness (QED) is 0.0530. The molecule has 0 unspecified atom stereocenters. The number of carbonyl (C=O) groups is 2. The molecule has 1 aromatic heterocycles. The molecule has 0 spiro atoms. The molecule has 5 rings (SSSR count). The van der Waals surface area contributed by atoms with Crippen molar-refractivity contribution in [1.82, 2.24) is 14.9 Å². The third-order valence-corrected chi connectivity index (χ3v) is 14.3. The van der Waals surface area contributed by atoms with Crippen LogP contribution in [0, 0.1) is 10.1 Å². The summed E-state index contributed by atoms with van der Waals surface area (Å²) in [5.41, 5.74) is 2.63. The van der Waals surface area contributed by atoms with E-state index < -0.39 is 13.9 Å². The molecule has 0 aliphatic carbocycles. The highest BCUT2D eigenvalue weighted by atomic mass is 127. The van der Waals surface area contributed by atoms with Crippen molar-refractivity contribution < 1.29 is 18.8 Å². The summed E-state index contributed by atoms with van der Waals surface area (Å²) in [4.78, 5) is 30.3. The van der Waals surface area contributed by atoms with Crippen LogP contribution in [0.2, 0.25) is 5.04 Å². The van der Waals surface area contributed by atoms with E-state index in [-0.39, 0.29) is 17.2 Å². The van der Waals surface area contributed by atoms with Crippen LogP contribution >= 0.6 is 22.6 Å². The second-order valence-electron chi connectivity index (χ2n) is 15.3. The smallest absolute Gasteiger partial charge is 0.407 e. The Bertz CT molecular complexity index is 1980. The van der Waals surface area contributed by atoms with Crippen LogP contribution in [0.3, 0.4) is 0 Å². The van der Waals surface area contributed by atoms with Gasteiger partial charge in [-0.15, -0.1) is 0 Å². The number of halogens is 1. The number of benzene rings is 4. The van der Waals surface area contributed by atoms with E-state index in [1.807, 2.05) is 32.9 Å². The van der Waals surface area contributed by atoms with Gasteiger partial charge in [0.2, 0.25) is 0 Å². The number of nitrogens with zero attached hydrogens (tertiary/aromatic N) is 3. The van der Waals surface area contributed by atoms with Gasteiger partial charge in [-0.2, -0.15) is 0 Å². The molecule has 1 amide bonds. The van der Waals surface area contributed by atoms with Gasteiger partial charge < -0.3 is 24.4 Å². The van der Waals surface area contributed by atoms with E-state index in [2.05, 4.69) is 150 Å². The van der Waals surface area contributed by atoms with Crippen LogP contribution in [0.25, 0.3) is 4.85 Å². The molecule has 1 atom stereocenters. The zero-order valence-corrected chi connectivity index (χ0v) is 36.0. The molecule has 288 valence electrons. The number of nitrogens with one attached hydrogen (secondary N) is 2. The Balaban J connectivity index is 0.000000348. The summed E-state index contributed by atoms with van der Waals surface area (Å²) in [6, 6.07) is 34.8. The number of aldehydes is 1. The lowest BCUT2D eigenvalue weighted by atomic mass is 10.1. The number of hydrogen-bond acceptors (Lipinski definition) is 6. The maximum absolute atomic E-state index is 12.4. The maximum Gasteiger partial charge on any atom is 0.407 e. The number of carbonyl (C=O) groups excluding carboxylic acids is 2. The second-order valence-corrected chi connectivity index (χ2v) is 20.8. The van der Waals surface area contributed by atoms with E-state index in [4.69, 9.17) is 15.7 Å². The summed E-state index contributed by atoms with van der Waals surface area (Å²) in [5.74, 6) is 0.839. The molecule has 0 aliphatic heterocycles. The average Bonchev–Trinajstić information content (AvgIpc) is 3.60. The molecular weight excluding hydrogens is 818 g/mol. The largest absolute Gasteiger partial charge is 0.534 e. The summed E-state index contributed by atoms with van der Waals surface area (Å²) in [5, 5.41) is 8.91. The van der Waals surface area contributed by atoms with Crippen LogP contribution in [0.5, 0.6) is 5.75 Å². The molecule has 11 heteroatoms. The third-order valence-electron chi connectivity index (χ3n) is 8.75. The van der Waals surface area contributed by atoms with Crippen LogP contribution in [-0.4, -0.2) is 48.4 Å². The minimum absolute atomic E-state index is 0.0521. The summed E-state index contributed by atoms with van der Waals surface area (Å²) in [7, 11) is -2.74. The summed E-state index contributed by atoms with van der Waals surface area (Å²) < 4.78 is 15.6. The normalized spacial score (nSPS) is 12.0. The van der Waals surface area contributed by atoms with E-state index in [1.54, 1.807) is 23.0 Å². The zero-order chi connectivity index (χ0) is 40.1. The van der Waals surface area contributed by atoms with Crippen molar-refractivity contribution in [1.29, 1.82) is 0 Å². The Kier molecular flexibility index (Phi) is 15.2. The van der Waals surface area contributed by atoms with Gasteiger partial charge in [0.1, 0.15) is 17.0 Å². The van der Waals surface area contributed by atoms with Crippen molar-refractivity contribution in [2.75, 3.05) is 11.9 Å². The molecular formula is C44H52IN5O4Si. The second kappa shape index (κ2) is 19.6. The Labute approximate surface area is 341 Å². The fourth-order valence-corrected chi connectivity index (χ4v) is 11.3. The van der Waals surface area contributed by atoms with Crippen molar-refractivity contribution in [3.05, 3.63) is 142 Å². The van der Waals surface area contributed by atoms with Crippen LogP contribution in [0.1, 0.15) is 77.4 Å². The maximum atomic E-state index is 12.4. The highest BCUT2D eigenvalue weighted by Crippen LogP contribution is 2.38. The van der Waals surface area contributed by atoms with Crippen LogP contribution in [0.15, 0.2) is 116 Å². The molecule has 5 aromatic rings. The van der Waals surface area contributed by atoms with Crippen molar-refractivity contribution in [3.63, 3.8) is 0 Å². The number of aromatic nitrogens is 2. The van der Waals surface area contributed by atoms with E-state index in [1.165, 1.54) is 16.6 Å². The first-order valence-electron chi connectivity index (χ1n) is 18.4. The predicted molar refractivity (Wildman–Crippen MR) is 233 cm³/mol. The molecule has 0 aliphatic rings. The third kappa shape index (κ3) is 12.3. The number of imidazole rings is 1. The molecule has 0 radical (unpaired) electrons. The molecule has 0 fully saturated rings. The van der Waals surface area contributed by atoms with Gasteiger partial charge in [0.05, 0.1) is 19.1 Å². The Morgan fingerprint density at radius 3 is 2.09 bits per heavy atom. The fraction of sp³-hybridized carbons (Fsp3) is 0.318. The van der Waals surface area contributed by atoms with E-state index in [0.717, 1.165) is 39.7 Å². The fourth-order valence-electron chi connectivity index (χ4n) is 6.27. The number of ether oxygens (including phenoxy) is 1. The van der Waals surface area contributed by atoms with E-state index in [0.29, 0.717) is 24.5 Å². The number of anilines is 1. The van der Waals surface area contributed by atoms with Crippen molar-refractivity contribution >= 4 is 65.0 Å². The standard InChI is InChI=1S/C32H43IN2O3Si.C12H9N3O/c1-8-15-25(35-30(36)37-31(2,3)4)23-34-26-20-24(33)21-27(22-26)38-39(32(5,6)7,28-16-11-9-12-17-28)29-18-13-10-14-19-29;1-13-11-4-2-10(3-5-11)7-15-9-14-6-12(15)8-16/h9-14,16-22,25,34H,8,15,23H2,1-7H3,(H,35,36);2-6,8-9H,7H2/t25-;/m0./s1. The molecule has 0 saturated heterocycles. The molecule has 2 N–H and O–H groups in total. The zero-order valence-electron chi connectivity index (χ0n) is 32.8. The molecule has 0 bridgehead atoms. The van der Waals surface area contributed by atoms with Crippen LogP contribution in [-0.2, 0) is 11.3 Å². The molecule has 55 heavy (non-hydrogen) atoms. The Morgan fingerprint density at radius 1 is 0.945 bits per heavy atom. The van der Waals surface area contributed by atoms with Gasteiger partial charge in [-0.3, -0.25) is 4.79 Å². The van der Waals surface area contributed by atoms with Crippen molar-refractivity contribution in [2.45, 2.75) is 84.5 Å². The van der Waals surface area contributed by atoms with Gasteiger partial charge in [-0.05, 0) is 82.9 Å². The molecule has 9 nitrogen and oxygen atoms in total. The van der Waals surface area contributed by atoms with Crippen molar-refractivity contribution in [2.24, 2.45) is 0 Å². The molecule has 4 aromatic carbocycles. The van der Waals surface area contributed by atoms with Gasteiger partial charge in [-0.1, -0.05) is 119 Å². The monoisotopic (exact) mass is 869 g/mol. The first-order chi connectivity index (χ1) is 26.2. The SMILES string of the molecule is CCC[C@@H](CNc1cc(I)cc(O[Si](c2ccccc2)(c2ccccc2)C(C)(C)C)c1)NC(=O)OC(C)(C)C.[C-]#[N+]c1ccc(Cn2cncc2C=O)cc1. The van der Waals surface area contributed by atoms with E-state index >= 15 is 0 Å². The van der Waals surface area contributed by atoms with Gasteiger partial charge in [0.15, 0.2) is 12.0 Å². The van der Waals surface area contributed by atoms with E-state index in [9.17, 15) is 9.59 Å². The Morgan fingerprint density at radius 2 is 1.56 bits per heavy atom. The minimum atomic E-state index is -2.74. The van der Waals surface area contributed by atoms with Gasteiger partial charge in [-0.25, -0.2) is 14.6 Å². The highest BCUT2D eigenvalue weighted by molar-refractivity contribution is 14.1. The molecule has 0 saturated carbocycles. The van der Waals surface area contributed by atoms with Gasteiger partial charge >= 0.3 is 14.4 Å². The highest BCUT2D eigenvalue weighted by Gasteiger charge is 2.52. The topological polar surface area (TPSA) is 98.8 Å². The van der Waals surface area contributed by atoms with Gasteiger partial charge in [0, 0.05) is 34.5 Å². The first kappa shape index (κ1) is 42.8. The number of alkyl carbamates (subject to hydrolysis) is 1. The van der Waals surface area contributed by atoms with Crippen LogP contribution < -0.4 is 25.4 Å². The lowest BCUT2D eigenvalue weighted by Gasteiger charge is -2.43. The van der Waals surface area contributed by atoms with Gasteiger partial charge in [0.25, 0.3) is 0 Å². The summed E-state index contributed by atoms with van der Waals surface area (Å²) in [6.45, 7) is 22.6. The number of amides is 1. The summed E-state index contributed by atoms with van der Waals surface area (Å²) in [6.07, 6.45) is 5.34. The van der Waals surface area contributed by atoms with Crippen LogP contribution in [0.4, 0.5) is 16.2 Å². The predicted octanol–water partition coefficient (Wildman–Crippen LogP) is 9.63. The van der Waals surface area contributed by atoms with Crippen molar-refractivity contribution in [3.8, 4) is 5.75 Å². The number of rotatable bonds is 13. The average molecular weight is 870 g/mol. The first-order valence-corrected chi connectivity index (χ1v) is 21.4. The summed E-state index contributed by atoms with van der Waals surface area (Å²) >= 11 is 2.35.